The molecule has 2 heterocycles. The first-order valence-electron chi connectivity index (χ1n) is 8.98. The Morgan fingerprint density at radius 2 is 2.03 bits per heavy atom. The molecular formula is C20H17N3O7S. The number of hydrogen-bond donors (Lipinski definition) is 3. The summed E-state index contributed by atoms with van der Waals surface area (Å²) in [7, 11) is 0. The molecule has 0 spiro atoms. The van der Waals surface area contributed by atoms with Crippen molar-refractivity contribution in [2.75, 3.05) is 12.4 Å². The van der Waals surface area contributed by atoms with Gasteiger partial charge in [0.1, 0.15) is 41.1 Å². The van der Waals surface area contributed by atoms with Crippen LogP contribution in [0.15, 0.2) is 41.1 Å². The minimum atomic E-state index is -1.34. The van der Waals surface area contributed by atoms with E-state index in [1.807, 2.05) is 0 Å². The smallest absolute Gasteiger partial charge is 0.352 e. The van der Waals surface area contributed by atoms with Crippen LogP contribution in [0.3, 0.4) is 0 Å². The van der Waals surface area contributed by atoms with Crippen LogP contribution in [-0.2, 0) is 23.9 Å². The van der Waals surface area contributed by atoms with Gasteiger partial charge in [-0.05, 0) is 23.8 Å². The topological polar surface area (TPSA) is 157 Å². The molecule has 1 saturated heterocycles. The number of ether oxygens (including phenoxy) is 1. The quantitative estimate of drug-likeness (QED) is 0.248. The van der Waals surface area contributed by atoms with Gasteiger partial charge in [0, 0.05) is 18.2 Å². The minimum Gasteiger partial charge on any atom is -0.508 e. The molecule has 11 heteroatoms. The van der Waals surface area contributed by atoms with Crippen LogP contribution in [0.4, 0.5) is 0 Å². The van der Waals surface area contributed by atoms with Crippen LogP contribution in [-0.4, -0.2) is 62.6 Å². The predicted molar refractivity (Wildman–Crippen MR) is 108 cm³/mol. The molecule has 0 radical (unpaired) electrons. The Morgan fingerprint density at radius 1 is 1.35 bits per heavy atom. The second kappa shape index (κ2) is 8.93. The Kier molecular flexibility index (Phi) is 6.31. The van der Waals surface area contributed by atoms with E-state index in [1.54, 1.807) is 6.07 Å². The monoisotopic (exact) mass is 443 g/mol. The van der Waals surface area contributed by atoms with Gasteiger partial charge < -0.3 is 20.3 Å². The summed E-state index contributed by atoms with van der Waals surface area (Å²) in [6.07, 6.45) is 1.31. The highest BCUT2D eigenvalue weighted by Gasteiger charge is 2.54. The number of carboxylic acid groups (broad SMARTS) is 1. The fraction of sp³-hybridized carbons (Fsp3) is 0.250. The van der Waals surface area contributed by atoms with Crippen LogP contribution in [0, 0.1) is 11.3 Å². The summed E-state index contributed by atoms with van der Waals surface area (Å²) in [5.41, 5.74) is 0.277. The number of nitrogens with one attached hydrogen (secondary N) is 1. The van der Waals surface area contributed by atoms with Crippen LogP contribution in [0.2, 0.25) is 0 Å². The number of aliphatic carboxylic acids is 1. The molecule has 2 aliphatic rings. The Labute approximate surface area is 180 Å². The molecule has 0 aliphatic carbocycles. The number of β-lactam (4-membered cyclic amide) rings is 1. The third kappa shape index (κ3) is 4.54. The number of benzene rings is 1. The van der Waals surface area contributed by atoms with Crippen LogP contribution >= 0.6 is 11.8 Å². The number of fused-ring (bicyclic) bond motifs is 1. The SMILES string of the molecule is CC(=O)OCC1=C(C(=O)O)N2C(=O)C(NC(=O)C(C#N)=Cc3ccc(O)cc3)C2SC1. The van der Waals surface area contributed by atoms with E-state index in [2.05, 4.69) is 5.32 Å². The number of nitriles is 1. The predicted octanol–water partition coefficient (Wildman–Crippen LogP) is 0.601. The molecule has 31 heavy (non-hydrogen) atoms. The average Bonchev–Trinajstić information content (AvgIpc) is 2.74. The van der Waals surface area contributed by atoms with E-state index < -0.39 is 35.2 Å². The lowest BCUT2D eigenvalue weighted by atomic mass is 10.0. The highest BCUT2D eigenvalue weighted by atomic mass is 32.2. The Bertz CT molecular complexity index is 1060. The lowest BCUT2D eigenvalue weighted by Crippen LogP contribution is -2.70. The van der Waals surface area contributed by atoms with Crippen molar-refractivity contribution in [3.63, 3.8) is 0 Å². The first-order valence-corrected chi connectivity index (χ1v) is 10.0. The summed E-state index contributed by atoms with van der Waals surface area (Å²) in [5, 5.41) is 30.0. The molecule has 1 fully saturated rings. The molecular weight excluding hydrogens is 426 g/mol. The number of carbonyl (C=O) groups excluding carboxylic acids is 3. The van der Waals surface area contributed by atoms with Crippen molar-refractivity contribution in [1.82, 2.24) is 10.2 Å². The van der Waals surface area contributed by atoms with Gasteiger partial charge in [-0.15, -0.1) is 11.8 Å². The number of amides is 2. The van der Waals surface area contributed by atoms with E-state index in [4.69, 9.17) is 4.74 Å². The zero-order chi connectivity index (χ0) is 22.7. The largest absolute Gasteiger partial charge is 0.508 e. The maximum atomic E-state index is 12.6. The molecule has 2 amide bonds. The average molecular weight is 443 g/mol. The van der Waals surface area contributed by atoms with E-state index in [0.717, 1.165) is 4.90 Å². The van der Waals surface area contributed by atoms with Gasteiger partial charge in [-0.3, -0.25) is 19.3 Å². The van der Waals surface area contributed by atoms with Gasteiger partial charge in [0.15, 0.2) is 0 Å². The molecule has 0 aromatic heterocycles. The standard InChI is InChI=1S/C20H17N3O7S/c1-10(24)30-8-13-9-31-19-15(18(27)23(19)16(13)20(28)29)22-17(26)12(7-21)6-11-2-4-14(25)5-3-11/h2-6,15,19,25H,8-9H2,1H3,(H,22,26)(H,28,29). The van der Waals surface area contributed by atoms with E-state index in [1.165, 1.54) is 49.0 Å². The third-order valence-electron chi connectivity index (χ3n) is 4.56. The molecule has 10 nitrogen and oxygen atoms in total. The Hall–Kier alpha value is -3.78. The molecule has 2 unspecified atom stereocenters. The van der Waals surface area contributed by atoms with Crippen molar-refractivity contribution < 1.29 is 34.1 Å². The summed E-state index contributed by atoms with van der Waals surface area (Å²) < 4.78 is 4.87. The van der Waals surface area contributed by atoms with Gasteiger partial charge in [0.05, 0.1) is 0 Å². The van der Waals surface area contributed by atoms with E-state index in [0.29, 0.717) is 5.56 Å². The number of thioether (sulfide) groups is 1. The van der Waals surface area contributed by atoms with Crippen molar-refractivity contribution >= 4 is 41.6 Å². The zero-order valence-electron chi connectivity index (χ0n) is 16.2. The van der Waals surface area contributed by atoms with Gasteiger partial charge in [-0.2, -0.15) is 5.26 Å². The van der Waals surface area contributed by atoms with Gasteiger partial charge in [0.2, 0.25) is 0 Å². The summed E-state index contributed by atoms with van der Waals surface area (Å²) in [4.78, 5) is 48.9. The van der Waals surface area contributed by atoms with Gasteiger partial charge in [0.25, 0.3) is 11.8 Å². The maximum Gasteiger partial charge on any atom is 0.352 e. The van der Waals surface area contributed by atoms with Gasteiger partial charge >= 0.3 is 11.9 Å². The molecule has 2 aliphatic heterocycles. The zero-order valence-corrected chi connectivity index (χ0v) is 17.0. The van der Waals surface area contributed by atoms with E-state index in [-0.39, 0.29) is 35.0 Å². The summed E-state index contributed by atoms with van der Waals surface area (Å²) >= 11 is 1.22. The van der Waals surface area contributed by atoms with E-state index in [9.17, 15) is 34.7 Å². The molecule has 160 valence electrons. The summed E-state index contributed by atoms with van der Waals surface area (Å²) in [6, 6.07) is 6.60. The molecule has 1 aromatic carbocycles. The normalized spacial score (nSPS) is 20.3. The van der Waals surface area contributed by atoms with Crippen LogP contribution in [0.5, 0.6) is 5.75 Å². The maximum absolute atomic E-state index is 12.6. The van der Waals surface area contributed by atoms with Crippen LogP contribution in [0.1, 0.15) is 12.5 Å². The van der Waals surface area contributed by atoms with Crippen molar-refractivity contribution in [2.24, 2.45) is 0 Å². The lowest BCUT2D eigenvalue weighted by Gasteiger charge is -2.49. The Balaban J connectivity index is 1.75. The summed E-state index contributed by atoms with van der Waals surface area (Å²) in [5.74, 6) is -3.09. The third-order valence-corrected chi connectivity index (χ3v) is 5.89. The number of aromatic hydroxyl groups is 1. The number of phenolic OH excluding ortho intramolecular Hbond substituents is 1. The Morgan fingerprint density at radius 3 is 2.61 bits per heavy atom. The number of phenols is 1. The first kappa shape index (κ1) is 21.9. The van der Waals surface area contributed by atoms with Crippen molar-refractivity contribution in [2.45, 2.75) is 18.3 Å². The van der Waals surface area contributed by atoms with E-state index >= 15 is 0 Å². The number of rotatable bonds is 6. The number of carbonyl (C=O) groups is 4. The second-order valence-electron chi connectivity index (χ2n) is 6.66. The molecule has 3 rings (SSSR count). The number of hydrogen-bond acceptors (Lipinski definition) is 8. The molecule has 2 atom stereocenters. The van der Waals surface area contributed by atoms with Crippen LogP contribution in [0.25, 0.3) is 6.08 Å². The first-order chi connectivity index (χ1) is 14.7. The summed E-state index contributed by atoms with van der Waals surface area (Å²) in [6.45, 7) is 0.948. The lowest BCUT2D eigenvalue weighted by molar-refractivity contribution is -0.150. The van der Waals surface area contributed by atoms with Gasteiger partial charge in [-0.1, -0.05) is 12.1 Å². The molecule has 3 N–H and O–H groups in total. The number of esters is 1. The highest BCUT2D eigenvalue weighted by molar-refractivity contribution is 8.00. The van der Waals surface area contributed by atoms with Crippen molar-refractivity contribution in [3.05, 3.63) is 46.7 Å². The fourth-order valence-corrected chi connectivity index (χ4v) is 4.42. The van der Waals surface area contributed by atoms with Crippen molar-refractivity contribution in [1.29, 1.82) is 5.26 Å². The minimum absolute atomic E-state index is 0.0324. The van der Waals surface area contributed by atoms with Crippen LogP contribution < -0.4 is 5.32 Å². The molecule has 1 aromatic rings. The second-order valence-corrected chi connectivity index (χ2v) is 7.76. The fourth-order valence-electron chi connectivity index (χ4n) is 3.09. The van der Waals surface area contributed by atoms with Crippen molar-refractivity contribution in [3.8, 4) is 11.8 Å². The number of nitrogens with zero attached hydrogens (tertiary/aromatic N) is 2. The number of carboxylic acids is 1. The molecule has 0 bridgehead atoms. The molecule has 0 saturated carbocycles. The highest BCUT2D eigenvalue weighted by Crippen LogP contribution is 2.40. The van der Waals surface area contributed by atoms with Gasteiger partial charge in [-0.25, -0.2) is 4.79 Å².